The molecule has 2 aliphatic heterocycles. The maximum absolute atomic E-state index is 13.2. The minimum absolute atomic E-state index is 0.0375. The molecule has 7 heteroatoms. The average molecular weight is 418 g/mol. The molecule has 160 valence electrons. The second-order valence-corrected chi connectivity index (χ2v) is 8.60. The van der Waals surface area contributed by atoms with Crippen molar-refractivity contribution in [1.29, 1.82) is 0 Å². The lowest BCUT2D eigenvalue weighted by Crippen LogP contribution is -2.50. The van der Waals surface area contributed by atoms with Crippen molar-refractivity contribution in [3.05, 3.63) is 53.6 Å². The van der Waals surface area contributed by atoms with Gasteiger partial charge in [0, 0.05) is 50.2 Å². The minimum Gasteiger partial charge on any atom is -0.368 e. The van der Waals surface area contributed by atoms with Gasteiger partial charge in [-0.25, -0.2) is 0 Å². The molecule has 2 aliphatic rings. The Hall–Kier alpha value is -3.35. The second kappa shape index (κ2) is 7.72. The normalized spacial score (nSPS) is 19.5. The molecule has 2 aromatic carbocycles. The molecule has 31 heavy (non-hydrogen) atoms. The van der Waals surface area contributed by atoms with E-state index >= 15 is 0 Å². The molecule has 2 amide bonds. The number of H-pyrrole nitrogens is 1. The lowest BCUT2D eigenvalue weighted by Gasteiger charge is -2.37. The highest BCUT2D eigenvalue weighted by Crippen LogP contribution is 2.31. The molecule has 7 nitrogen and oxygen atoms in total. The zero-order valence-corrected chi connectivity index (χ0v) is 18.0. The Morgan fingerprint density at radius 3 is 2.61 bits per heavy atom. The number of para-hydroxylation sites is 1. The predicted octanol–water partition coefficient (Wildman–Crippen LogP) is 2.88. The molecular formula is C24H27N5O2. The molecule has 1 atom stereocenters. The number of hydrogen-bond acceptors (Lipinski definition) is 4. The Kier molecular flexibility index (Phi) is 4.88. The monoisotopic (exact) mass is 417 g/mol. The largest absolute Gasteiger partial charge is 0.368 e. The van der Waals surface area contributed by atoms with Crippen molar-refractivity contribution in [2.75, 3.05) is 42.5 Å². The number of benzene rings is 2. The molecule has 3 aromatic rings. The van der Waals surface area contributed by atoms with Crippen LogP contribution in [0.3, 0.4) is 0 Å². The number of hydrogen-bond donors (Lipinski definition) is 1. The van der Waals surface area contributed by atoms with Crippen molar-refractivity contribution >= 4 is 34.2 Å². The molecular weight excluding hydrogens is 390 g/mol. The van der Waals surface area contributed by atoms with Crippen LogP contribution in [-0.4, -0.2) is 59.6 Å². The summed E-state index contributed by atoms with van der Waals surface area (Å²) in [7, 11) is 0. The standard InChI is InChI=1S/C24H27N5O2/c1-16-7-8-21(17(2)13-16)27-9-11-28(12-10-27)24(31)18-14-22(30)29(15-18)23-19-5-3-4-6-20(19)25-26-23/h3-8,13,18H,9-12,14-15H2,1-2H3,(H,25,26)/t18-/m1/s1. The molecule has 0 saturated carbocycles. The highest BCUT2D eigenvalue weighted by Gasteiger charge is 2.39. The average Bonchev–Trinajstić information content (AvgIpc) is 3.37. The van der Waals surface area contributed by atoms with Crippen LogP contribution in [0, 0.1) is 19.8 Å². The van der Waals surface area contributed by atoms with E-state index in [0.717, 1.165) is 24.0 Å². The van der Waals surface area contributed by atoms with E-state index in [1.54, 1.807) is 4.90 Å². The molecule has 2 saturated heterocycles. The zero-order valence-electron chi connectivity index (χ0n) is 18.0. The number of carbonyl (C=O) groups excluding carboxylic acids is 2. The molecule has 1 N–H and O–H groups in total. The van der Waals surface area contributed by atoms with E-state index in [0.29, 0.717) is 25.5 Å². The van der Waals surface area contributed by atoms with Crippen molar-refractivity contribution in [1.82, 2.24) is 15.1 Å². The van der Waals surface area contributed by atoms with Gasteiger partial charge in [0.05, 0.1) is 11.4 Å². The van der Waals surface area contributed by atoms with Gasteiger partial charge in [-0.3, -0.25) is 19.6 Å². The van der Waals surface area contributed by atoms with E-state index in [1.165, 1.54) is 16.8 Å². The van der Waals surface area contributed by atoms with E-state index in [-0.39, 0.29) is 24.2 Å². The van der Waals surface area contributed by atoms with Crippen molar-refractivity contribution in [3.63, 3.8) is 0 Å². The van der Waals surface area contributed by atoms with E-state index < -0.39 is 0 Å². The second-order valence-electron chi connectivity index (χ2n) is 8.60. The van der Waals surface area contributed by atoms with E-state index in [2.05, 4.69) is 47.1 Å². The Morgan fingerprint density at radius 1 is 1.06 bits per heavy atom. The number of aromatic nitrogens is 2. The summed E-state index contributed by atoms with van der Waals surface area (Å²) in [5.41, 5.74) is 4.66. The van der Waals surface area contributed by atoms with E-state index in [1.807, 2.05) is 29.2 Å². The summed E-state index contributed by atoms with van der Waals surface area (Å²) in [5, 5.41) is 8.23. The first-order valence-corrected chi connectivity index (χ1v) is 10.9. The first-order chi connectivity index (χ1) is 15.0. The quantitative estimate of drug-likeness (QED) is 0.711. The van der Waals surface area contributed by atoms with Crippen LogP contribution < -0.4 is 9.80 Å². The van der Waals surface area contributed by atoms with Gasteiger partial charge in [0.25, 0.3) is 0 Å². The third-order valence-electron chi connectivity index (χ3n) is 6.46. The van der Waals surface area contributed by atoms with Crippen LogP contribution in [0.25, 0.3) is 10.9 Å². The van der Waals surface area contributed by atoms with Crippen molar-refractivity contribution in [2.24, 2.45) is 5.92 Å². The van der Waals surface area contributed by atoms with Crippen molar-refractivity contribution < 1.29 is 9.59 Å². The summed E-state index contributed by atoms with van der Waals surface area (Å²) in [6.45, 7) is 7.62. The molecule has 3 heterocycles. The third-order valence-corrected chi connectivity index (χ3v) is 6.46. The molecule has 1 aromatic heterocycles. The van der Waals surface area contributed by atoms with Crippen LogP contribution in [0.2, 0.25) is 0 Å². The zero-order chi connectivity index (χ0) is 21.5. The van der Waals surface area contributed by atoms with Crippen molar-refractivity contribution in [2.45, 2.75) is 20.3 Å². The number of aryl methyl sites for hydroxylation is 2. The topological polar surface area (TPSA) is 72.5 Å². The van der Waals surface area contributed by atoms with Gasteiger partial charge >= 0.3 is 0 Å². The Morgan fingerprint density at radius 2 is 1.84 bits per heavy atom. The van der Waals surface area contributed by atoms with Gasteiger partial charge in [-0.1, -0.05) is 29.8 Å². The fourth-order valence-electron chi connectivity index (χ4n) is 4.82. The highest BCUT2D eigenvalue weighted by molar-refractivity contribution is 6.05. The lowest BCUT2D eigenvalue weighted by molar-refractivity contribution is -0.136. The molecule has 0 radical (unpaired) electrons. The summed E-state index contributed by atoms with van der Waals surface area (Å²) in [4.78, 5) is 31.8. The number of amides is 2. The Labute approximate surface area is 181 Å². The Bertz CT molecular complexity index is 1150. The molecule has 5 rings (SSSR count). The number of nitrogens with zero attached hydrogens (tertiary/aromatic N) is 4. The van der Waals surface area contributed by atoms with Gasteiger partial charge in [-0.05, 0) is 37.6 Å². The molecule has 0 bridgehead atoms. The van der Waals surface area contributed by atoms with E-state index in [9.17, 15) is 9.59 Å². The van der Waals surface area contributed by atoms with Crippen LogP contribution in [0.4, 0.5) is 11.5 Å². The summed E-state index contributed by atoms with van der Waals surface area (Å²) in [5.74, 6) is 0.353. The number of aromatic amines is 1. The number of carbonyl (C=O) groups is 2. The fraction of sp³-hybridized carbons (Fsp3) is 0.375. The van der Waals surface area contributed by atoms with Gasteiger partial charge in [-0.15, -0.1) is 0 Å². The minimum atomic E-state index is -0.310. The highest BCUT2D eigenvalue weighted by atomic mass is 16.2. The van der Waals surface area contributed by atoms with Gasteiger partial charge in [-0.2, -0.15) is 5.10 Å². The number of fused-ring (bicyclic) bond motifs is 1. The summed E-state index contributed by atoms with van der Waals surface area (Å²) < 4.78 is 0. The van der Waals surface area contributed by atoms with Gasteiger partial charge in [0.15, 0.2) is 5.82 Å². The summed E-state index contributed by atoms with van der Waals surface area (Å²) in [6, 6.07) is 14.2. The number of rotatable bonds is 3. The number of anilines is 2. The predicted molar refractivity (Wildman–Crippen MR) is 121 cm³/mol. The molecule has 0 unspecified atom stereocenters. The molecule has 0 spiro atoms. The van der Waals surface area contributed by atoms with E-state index in [4.69, 9.17) is 0 Å². The van der Waals surface area contributed by atoms with Crippen molar-refractivity contribution in [3.8, 4) is 0 Å². The van der Waals surface area contributed by atoms with Crippen LogP contribution in [0.1, 0.15) is 17.5 Å². The summed E-state index contributed by atoms with van der Waals surface area (Å²) in [6.07, 6.45) is 0.247. The molecule has 0 aliphatic carbocycles. The van der Waals surface area contributed by atoms with Crippen LogP contribution >= 0.6 is 0 Å². The fourth-order valence-corrected chi connectivity index (χ4v) is 4.82. The van der Waals surface area contributed by atoms with Gasteiger partial charge in [0.1, 0.15) is 0 Å². The smallest absolute Gasteiger partial charge is 0.229 e. The SMILES string of the molecule is Cc1ccc(N2CCN(C(=O)[C@@H]3CC(=O)N(c4n[nH]c5ccccc45)C3)CC2)c(C)c1. The van der Waals surface area contributed by atoms with Crippen LogP contribution in [-0.2, 0) is 9.59 Å². The lowest BCUT2D eigenvalue weighted by atomic mass is 10.1. The van der Waals surface area contributed by atoms with Gasteiger partial charge in [0.2, 0.25) is 11.8 Å². The Balaban J connectivity index is 1.25. The maximum atomic E-state index is 13.2. The number of nitrogens with one attached hydrogen (secondary N) is 1. The summed E-state index contributed by atoms with van der Waals surface area (Å²) >= 11 is 0. The maximum Gasteiger partial charge on any atom is 0.229 e. The van der Waals surface area contributed by atoms with Gasteiger partial charge < -0.3 is 9.80 Å². The third kappa shape index (κ3) is 3.54. The van der Waals surface area contributed by atoms with Crippen LogP contribution in [0.15, 0.2) is 42.5 Å². The molecule has 2 fully saturated rings. The van der Waals surface area contributed by atoms with Crippen LogP contribution in [0.5, 0.6) is 0 Å². The number of piperazine rings is 1. The first kappa shape index (κ1) is 19.6. The first-order valence-electron chi connectivity index (χ1n) is 10.9.